The van der Waals surface area contributed by atoms with E-state index in [9.17, 15) is 5.11 Å². The molecule has 0 saturated heterocycles. The van der Waals surface area contributed by atoms with E-state index in [1.807, 2.05) is 73.9 Å². The Morgan fingerprint density at radius 2 is 1.13 bits per heavy atom. The van der Waals surface area contributed by atoms with Crippen LogP contribution in [0.2, 0.25) is 0 Å². The summed E-state index contributed by atoms with van der Waals surface area (Å²) in [5.74, 6) is 0.207. The third-order valence-corrected chi connectivity index (χ3v) is 11.7. The zero-order chi connectivity index (χ0) is 60.2. The number of phenols is 1. The van der Waals surface area contributed by atoms with Gasteiger partial charge in [0.2, 0.25) is 0 Å². The number of fused-ring (bicyclic) bond motifs is 1. The van der Waals surface area contributed by atoms with Gasteiger partial charge in [-0.05, 0) is 127 Å². The Bertz CT molecular complexity index is 3590. The molecule has 4 heteroatoms. The minimum Gasteiger partial charge on any atom is -0.507 e. The van der Waals surface area contributed by atoms with Gasteiger partial charge in [0.25, 0.3) is 0 Å². The van der Waals surface area contributed by atoms with Crippen LogP contribution in [0.15, 0.2) is 140 Å². The molecule has 2 aromatic heterocycles. The Morgan fingerprint density at radius 3 is 1.81 bits per heavy atom. The van der Waals surface area contributed by atoms with Gasteiger partial charge in [-0.25, -0.2) is 4.98 Å². The van der Waals surface area contributed by atoms with Gasteiger partial charge in [0.1, 0.15) is 11.6 Å². The van der Waals surface area contributed by atoms with Crippen LogP contribution < -0.4 is 0 Å². The van der Waals surface area contributed by atoms with Gasteiger partial charge in [0, 0.05) is 47.6 Å². The van der Waals surface area contributed by atoms with Crippen LogP contribution >= 0.6 is 0 Å². The quantitative estimate of drug-likeness (QED) is 0.181. The lowest BCUT2D eigenvalue weighted by Gasteiger charge is -2.24. The first-order chi connectivity index (χ1) is 37.1. The second-order valence-corrected chi connectivity index (χ2v) is 18.5. The number of nitrogens with zero attached hydrogens (tertiary/aromatic N) is 3. The fourth-order valence-corrected chi connectivity index (χ4v) is 8.00. The van der Waals surface area contributed by atoms with Gasteiger partial charge in [-0.2, -0.15) is 0 Å². The highest BCUT2D eigenvalue weighted by Gasteiger charge is 2.27. The third kappa shape index (κ3) is 8.61. The topological polar surface area (TPSA) is 50.9 Å². The Balaban J connectivity index is 1.41. The summed E-state index contributed by atoms with van der Waals surface area (Å²) in [5.41, 5.74) is 0.443. The van der Waals surface area contributed by atoms with Crippen LogP contribution in [0.5, 0.6) is 5.75 Å². The Hall–Kier alpha value is -6.26. The number of benzene rings is 6. The minimum absolute atomic E-state index is 0.0611. The maximum Gasteiger partial charge on any atom is 0.149 e. The lowest BCUT2D eigenvalue weighted by atomic mass is 9.83. The third-order valence-electron chi connectivity index (χ3n) is 11.7. The molecule has 0 fully saturated rings. The number of aromatic nitrogens is 3. The number of aryl methyl sites for hydroxylation is 1. The van der Waals surface area contributed by atoms with Crippen molar-refractivity contribution in [1.29, 1.82) is 0 Å². The Labute approximate surface area is 401 Å². The maximum absolute atomic E-state index is 12.2. The van der Waals surface area contributed by atoms with E-state index in [4.69, 9.17) is 34.6 Å². The molecule has 4 nitrogen and oxygen atoms in total. The van der Waals surface area contributed by atoms with Crippen LogP contribution in [0.4, 0.5) is 0 Å². The van der Waals surface area contributed by atoms with Crippen molar-refractivity contribution < 1.29 is 29.8 Å². The zero-order valence-corrected chi connectivity index (χ0v) is 36.6. The highest BCUT2D eigenvalue weighted by atomic mass is 16.3. The van der Waals surface area contributed by atoms with Crippen molar-refractivity contribution in [2.45, 2.75) is 111 Å². The zero-order valence-electron chi connectivity index (χ0n) is 54.6. The van der Waals surface area contributed by atoms with Gasteiger partial charge in [0.15, 0.2) is 0 Å². The molecular weight excluding hydrogens is 767 g/mol. The molecule has 0 saturated carbocycles. The second-order valence-electron chi connectivity index (χ2n) is 18.5. The summed E-state index contributed by atoms with van der Waals surface area (Å²) in [6.45, 7) is -6.78. The number of pyridine rings is 1. The van der Waals surface area contributed by atoms with Crippen LogP contribution in [0.3, 0.4) is 0 Å². The monoisotopic (exact) mass is 848 g/mol. The number of phenolic OH excluding ortho intramolecular Hbond substituents is 1. The van der Waals surface area contributed by atoms with Crippen LogP contribution in [0, 0.1) is 6.92 Å². The predicted molar refractivity (Wildman–Crippen MR) is 267 cm³/mol. The van der Waals surface area contributed by atoms with Gasteiger partial charge < -0.3 is 5.11 Å². The molecule has 0 aliphatic heterocycles. The minimum atomic E-state index is -3.54. The predicted octanol–water partition coefficient (Wildman–Crippen LogP) is 16.0. The summed E-state index contributed by atoms with van der Waals surface area (Å²) in [7, 11) is 0. The Morgan fingerprint density at radius 1 is 0.492 bits per heavy atom. The normalized spacial score (nSPS) is 18.0. The van der Waals surface area contributed by atoms with E-state index < -0.39 is 68.3 Å². The van der Waals surface area contributed by atoms with Crippen molar-refractivity contribution in [2.24, 2.45) is 0 Å². The average Bonchev–Trinajstić information content (AvgIpc) is 3.30. The molecule has 0 amide bonds. The van der Waals surface area contributed by atoms with Crippen LogP contribution in [-0.4, -0.2) is 19.6 Å². The van der Waals surface area contributed by atoms with Crippen LogP contribution in [0.1, 0.15) is 135 Å². The lowest BCUT2D eigenvalue weighted by molar-refractivity contribution is 0.471. The molecule has 8 aromatic rings. The van der Waals surface area contributed by atoms with E-state index in [-0.39, 0.29) is 22.7 Å². The molecule has 8 rings (SSSR count). The number of para-hydroxylation sites is 1. The molecule has 0 unspecified atom stereocenters. The lowest BCUT2D eigenvalue weighted by Crippen LogP contribution is -2.13. The summed E-state index contributed by atoms with van der Waals surface area (Å²) >= 11 is 0. The number of hydrogen-bond donors (Lipinski definition) is 1. The fraction of sp³-hybridized carbons (Fsp3) is 0.288. The Kier molecular flexibility index (Phi) is 6.63. The van der Waals surface area contributed by atoms with Crippen molar-refractivity contribution in [3.8, 4) is 67.5 Å². The number of rotatable bonds is 6. The van der Waals surface area contributed by atoms with Crippen molar-refractivity contribution in [1.82, 2.24) is 14.5 Å². The van der Waals surface area contributed by atoms with E-state index in [1.165, 1.54) is 42.5 Å². The first-order valence-electron chi connectivity index (χ1n) is 29.9. The molecule has 6 aromatic carbocycles. The molecule has 320 valence electrons. The number of imidazole rings is 1. The molecule has 0 atom stereocenters. The van der Waals surface area contributed by atoms with Gasteiger partial charge >= 0.3 is 0 Å². The van der Waals surface area contributed by atoms with E-state index >= 15 is 0 Å². The summed E-state index contributed by atoms with van der Waals surface area (Å²) in [6.07, 6.45) is 1.60. The SMILES string of the molecule is [2H]C([2H])([2H])C(c1ccc(-c2ccnc(-c3cc(-c4cccc5c4nc(-c4cc(C(C)(C)C)cc(C)c4O)n5-c4ccc(C(C([2H])([2H])[2H])(C([2H])([2H])[2H])C([2H])([2H])[2H])cc4-c4ccccc4)cc(C(C)(C)C)c3)c2)cc1)(C([2H])([2H])[2H])C([2H])([2H])[2H]. The van der Waals surface area contributed by atoms with Crippen LogP contribution in [0.25, 0.3) is 72.7 Å². The van der Waals surface area contributed by atoms with E-state index in [0.717, 1.165) is 11.1 Å². The molecule has 0 bridgehead atoms. The largest absolute Gasteiger partial charge is 0.507 e. The molecular formula is C59H63N3O. The first-order valence-corrected chi connectivity index (χ1v) is 20.9. The van der Waals surface area contributed by atoms with E-state index in [2.05, 4.69) is 26.8 Å². The fourth-order valence-electron chi connectivity index (χ4n) is 8.00. The summed E-state index contributed by atoms with van der Waals surface area (Å²) in [5, 5.41) is 12.2. The number of hydrogen-bond acceptors (Lipinski definition) is 3. The highest BCUT2D eigenvalue weighted by Crippen LogP contribution is 2.44. The maximum atomic E-state index is 12.2. The first kappa shape index (κ1) is 26.4. The second kappa shape index (κ2) is 15.8. The van der Waals surface area contributed by atoms with E-state index in [0.29, 0.717) is 66.9 Å². The smallest absolute Gasteiger partial charge is 0.149 e. The molecule has 0 spiro atoms. The van der Waals surface area contributed by atoms with Gasteiger partial charge in [0.05, 0.1) is 28.0 Å². The summed E-state index contributed by atoms with van der Waals surface area (Å²) in [4.78, 5) is 10.2. The van der Waals surface area contributed by atoms with Crippen molar-refractivity contribution in [3.63, 3.8) is 0 Å². The van der Waals surface area contributed by atoms with Crippen molar-refractivity contribution in [2.75, 3.05) is 0 Å². The molecule has 0 aliphatic rings. The highest BCUT2D eigenvalue weighted by molar-refractivity contribution is 5.98. The van der Waals surface area contributed by atoms with Crippen LogP contribution in [-0.2, 0) is 21.7 Å². The molecule has 0 aliphatic carbocycles. The standard InChI is InChI=1S/C59H63N3O/c1-37-30-45(58(8,9)10)36-49(54(37)63)55-61-53-47(20-17-21-52(53)62(55)51-27-26-44(57(5,6)7)35-48(51)39-18-15-14-16-19-39)41-31-42(33-46(32-41)59(11,12)13)50-34-40(28-29-60-50)38-22-24-43(25-23-38)56(2,3)4/h14-36,63H,1-13H3/i2D3,3D3,4D3,5D3,6D3,7D3. The molecule has 2 heterocycles. The van der Waals surface area contributed by atoms with Crippen molar-refractivity contribution in [3.05, 3.63) is 167 Å². The average molecular weight is 848 g/mol. The van der Waals surface area contributed by atoms with Gasteiger partial charge in [-0.15, -0.1) is 0 Å². The molecule has 0 radical (unpaired) electrons. The summed E-state index contributed by atoms with van der Waals surface area (Å²) < 4.78 is 153. The molecule has 1 N–H and O–H groups in total. The van der Waals surface area contributed by atoms with Crippen molar-refractivity contribution >= 4 is 11.0 Å². The van der Waals surface area contributed by atoms with Gasteiger partial charge in [-0.3, -0.25) is 9.55 Å². The number of aromatic hydroxyl groups is 1. The summed E-state index contributed by atoms with van der Waals surface area (Å²) in [6, 6.07) is 37.3. The van der Waals surface area contributed by atoms with E-state index in [1.54, 1.807) is 49.5 Å². The van der Waals surface area contributed by atoms with Gasteiger partial charge in [-0.1, -0.05) is 168 Å². The molecule has 63 heavy (non-hydrogen) atoms.